The van der Waals surface area contributed by atoms with Gasteiger partial charge in [0.05, 0.1) is 24.6 Å². The van der Waals surface area contributed by atoms with Gasteiger partial charge in [-0.3, -0.25) is 14.4 Å². The summed E-state index contributed by atoms with van der Waals surface area (Å²) in [5.41, 5.74) is 15.8. The number of imidazole rings is 1. The van der Waals surface area contributed by atoms with E-state index in [4.69, 9.17) is 5.73 Å². The molecule has 2 aromatic rings. The van der Waals surface area contributed by atoms with Crippen molar-refractivity contribution in [3.05, 3.63) is 42.9 Å². The molecule has 0 aliphatic heterocycles. The van der Waals surface area contributed by atoms with Gasteiger partial charge in [-0.15, -0.1) is 0 Å². The van der Waals surface area contributed by atoms with Crippen LogP contribution in [-0.2, 0) is 20.9 Å². The first kappa shape index (κ1) is 24.8. The van der Waals surface area contributed by atoms with E-state index in [9.17, 15) is 14.4 Å². The highest BCUT2D eigenvalue weighted by Crippen LogP contribution is 2.18. The fourth-order valence-corrected chi connectivity index (χ4v) is 2.28. The number of aromatic nitrogens is 2. The Hall–Kier alpha value is -3.24. The standard InChI is InChI=1S/C16H19N5O3.2CH5N/c1-18-16(24)12(7-14(17)22)20-15(23)9-21-10-19-8-13(21)11-5-3-2-4-6-11;2*1-2/h2-6,8,10,12H,7,9H2,1H3,(H2,17,22)(H,18,24)(H,20,23);2*2H2,1H3/t12-;;/m0../s1. The van der Waals surface area contributed by atoms with Crippen molar-refractivity contribution in [2.24, 2.45) is 17.2 Å². The second-order valence-electron chi connectivity index (χ2n) is 5.18. The van der Waals surface area contributed by atoms with E-state index < -0.39 is 23.8 Å². The number of hydrogen-bond donors (Lipinski definition) is 5. The van der Waals surface area contributed by atoms with Crippen LogP contribution in [0.1, 0.15) is 6.42 Å². The molecule has 3 amide bonds. The molecule has 1 heterocycles. The molecule has 1 atom stereocenters. The molecule has 154 valence electrons. The van der Waals surface area contributed by atoms with Crippen molar-refractivity contribution >= 4 is 17.7 Å². The van der Waals surface area contributed by atoms with Gasteiger partial charge in [-0.25, -0.2) is 4.98 Å². The smallest absolute Gasteiger partial charge is 0.242 e. The predicted octanol–water partition coefficient (Wildman–Crippen LogP) is -1.19. The highest BCUT2D eigenvalue weighted by Gasteiger charge is 2.22. The molecule has 1 aromatic carbocycles. The van der Waals surface area contributed by atoms with Gasteiger partial charge < -0.3 is 32.4 Å². The van der Waals surface area contributed by atoms with Gasteiger partial charge in [-0.05, 0) is 19.7 Å². The van der Waals surface area contributed by atoms with Crippen molar-refractivity contribution < 1.29 is 14.4 Å². The minimum atomic E-state index is -0.997. The van der Waals surface area contributed by atoms with Gasteiger partial charge in [0.2, 0.25) is 17.7 Å². The molecule has 0 fully saturated rings. The Morgan fingerprint density at radius 1 is 1.11 bits per heavy atom. The van der Waals surface area contributed by atoms with E-state index in [0.717, 1.165) is 11.3 Å². The molecular weight excluding hydrogens is 362 g/mol. The van der Waals surface area contributed by atoms with Gasteiger partial charge in [-0.1, -0.05) is 30.3 Å². The van der Waals surface area contributed by atoms with E-state index in [2.05, 4.69) is 27.1 Å². The molecule has 0 spiro atoms. The summed E-state index contributed by atoms with van der Waals surface area (Å²) in [6.07, 6.45) is 2.92. The summed E-state index contributed by atoms with van der Waals surface area (Å²) in [7, 11) is 4.42. The van der Waals surface area contributed by atoms with E-state index in [1.807, 2.05) is 30.3 Å². The highest BCUT2D eigenvalue weighted by molar-refractivity contribution is 5.91. The fourth-order valence-electron chi connectivity index (χ4n) is 2.28. The molecular formula is C18H29N7O3. The van der Waals surface area contributed by atoms with Gasteiger partial charge in [0.25, 0.3) is 0 Å². The number of amides is 3. The van der Waals surface area contributed by atoms with Gasteiger partial charge >= 0.3 is 0 Å². The van der Waals surface area contributed by atoms with Crippen LogP contribution in [0, 0.1) is 0 Å². The number of rotatable bonds is 7. The lowest BCUT2D eigenvalue weighted by Gasteiger charge is -2.16. The van der Waals surface area contributed by atoms with E-state index in [-0.39, 0.29) is 13.0 Å². The Balaban J connectivity index is 0.00000171. The average molecular weight is 391 g/mol. The minimum absolute atomic E-state index is 0.0313. The Morgan fingerprint density at radius 2 is 1.71 bits per heavy atom. The van der Waals surface area contributed by atoms with Crippen LogP contribution in [0.25, 0.3) is 11.3 Å². The second kappa shape index (κ2) is 13.9. The average Bonchev–Trinajstić information content (AvgIpc) is 3.18. The molecule has 0 saturated heterocycles. The lowest BCUT2D eigenvalue weighted by molar-refractivity contribution is -0.131. The van der Waals surface area contributed by atoms with E-state index >= 15 is 0 Å². The molecule has 1 aromatic heterocycles. The molecule has 28 heavy (non-hydrogen) atoms. The molecule has 0 saturated carbocycles. The number of primary amides is 1. The Bertz CT molecular complexity index is 732. The van der Waals surface area contributed by atoms with Gasteiger partial charge in [0.1, 0.15) is 12.6 Å². The summed E-state index contributed by atoms with van der Waals surface area (Å²) >= 11 is 0. The maximum Gasteiger partial charge on any atom is 0.242 e. The van der Waals surface area contributed by atoms with Crippen LogP contribution in [-0.4, -0.2) is 54.5 Å². The largest absolute Gasteiger partial charge is 0.370 e. The molecule has 0 radical (unpaired) electrons. The van der Waals surface area contributed by atoms with Crippen LogP contribution in [0.4, 0.5) is 0 Å². The maximum absolute atomic E-state index is 12.2. The maximum atomic E-state index is 12.2. The third-order valence-corrected chi connectivity index (χ3v) is 3.40. The second-order valence-corrected chi connectivity index (χ2v) is 5.18. The number of nitrogens with one attached hydrogen (secondary N) is 2. The van der Waals surface area contributed by atoms with Crippen LogP contribution in [0.5, 0.6) is 0 Å². The zero-order valence-electron chi connectivity index (χ0n) is 16.4. The molecule has 0 aliphatic rings. The van der Waals surface area contributed by atoms with Crippen LogP contribution < -0.4 is 27.8 Å². The molecule has 0 unspecified atom stereocenters. The van der Waals surface area contributed by atoms with Crippen molar-refractivity contribution in [1.29, 1.82) is 0 Å². The van der Waals surface area contributed by atoms with Crippen LogP contribution in [0.15, 0.2) is 42.9 Å². The minimum Gasteiger partial charge on any atom is -0.370 e. The van der Waals surface area contributed by atoms with E-state index in [0.29, 0.717) is 0 Å². The van der Waals surface area contributed by atoms with Crippen molar-refractivity contribution in [3.63, 3.8) is 0 Å². The molecule has 8 N–H and O–H groups in total. The number of benzene rings is 1. The van der Waals surface area contributed by atoms with Crippen LogP contribution >= 0.6 is 0 Å². The van der Waals surface area contributed by atoms with Crippen LogP contribution in [0.2, 0.25) is 0 Å². The number of hydrogen-bond acceptors (Lipinski definition) is 6. The van der Waals surface area contributed by atoms with Crippen molar-refractivity contribution in [3.8, 4) is 11.3 Å². The first-order valence-electron chi connectivity index (χ1n) is 8.51. The summed E-state index contributed by atoms with van der Waals surface area (Å²) in [6.45, 7) is -0.0313. The van der Waals surface area contributed by atoms with Crippen molar-refractivity contribution in [2.45, 2.75) is 19.0 Å². The van der Waals surface area contributed by atoms with E-state index in [1.165, 1.54) is 27.5 Å². The SMILES string of the molecule is CN.CN.CNC(=O)[C@H](CC(N)=O)NC(=O)Cn1cncc1-c1ccccc1. The quantitative estimate of drug-likeness (QED) is 0.397. The first-order valence-corrected chi connectivity index (χ1v) is 8.51. The fraction of sp³-hybridized carbons (Fsp3) is 0.333. The summed E-state index contributed by atoms with van der Waals surface area (Å²) in [5.74, 6) is -1.56. The summed E-state index contributed by atoms with van der Waals surface area (Å²) < 4.78 is 1.66. The third-order valence-electron chi connectivity index (χ3n) is 3.40. The summed E-state index contributed by atoms with van der Waals surface area (Å²) in [4.78, 5) is 39.0. The third kappa shape index (κ3) is 7.98. The lowest BCUT2D eigenvalue weighted by Crippen LogP contribution is -2.48. The normalized spacial score (nSPS) is 10.3. The highest BCUT2D eigenvalue weighted by atomic mass is 16.2. The predicted molar refractivity (Wildman–Crippen MR) is 108 cm³/mol. The first-order chi connectivity index (χ1) is 13.5. The zero-order chi connectivity index (χ0) is 21.5. The molecule has 10 nitrogen and oxygen atoms in total. The van der Waals surface area contributed by atoms with Crippen molar-refractivity contribution in [1.82, 2.24) is 20.2 Å². The molecule has 0 aliphatic carbocycles. The number of carbonyl (C=O) groups is 3. The number of carbonyl (C=O) groups excluding carboxylic acids is 3. The Kier molecular flexibility index (Phi) is 12.3. The zero-order valence-corrected chi connectivity index (χ0v) is 16.4. The molecule has 0 bridgehead atoms. The summed E-state index contributed by atoms with van der Waals surface area (Å²) in [6, 6.07) is 8.50. The topological polar surface area (TPSA) is 171 Å². The van der Waals surface area contributed by atoms with E-state index in [1.54, 1.807) is 10.8 Å². The number of nitrogens with zero attached hydrogens (tertiary/aromatic N) is 2. The summed E-state index contributed by atoms with van der Waals surface area (Å²) in [5, 5.41) is 4.91. The van der Waals surface area contributed by atoms with Crippen molar-refractivity contribution in [2.75, 3.05) is 21.1 Å². The van der Waals surface area contributed by atoms with Gasteiger partial charge in [0, 0.05) is 7.05 Å². The molecule has 2 rings (SSSR count). The number of likely N-dealkylation sites (N-methyl/N-ethyl adjacent to an activating group) is 1. The molecule has 10 heteroatoms. The Labute approximate surface area is 164 Å². The van der Waals surface area contributed by atoms with Gasteiger partial charge in [-0.2, -0.15) is 0 Å². The van der Waals surface area contributed by atoms with Crippen LogP contribution in [0.3, 0.4) is 0 Å². The number of nitrogens with two attached hydrogens (primary N) is 3. The monoisotopic (exact) mass is 391 g/mol. The van der Waals surface area contributed by atoms with Gasteiger partial charge in [0.15, 0.2) is 0 Å². The lowest BCUT2D eigenvalue weighted by atomic mass is 10.1. The Morgan fingerprint density at radius 3 is 2.25 bits per heavy atom.